The predicted molar refractivity (Wildman–Crippen MR) is 318 cm³/mol. The normalized spacial score (nSPS) is 18.8. The van der Waals surface area contributed by atoms with Crippen molar-refractivity contribution in [2.75, 3.05) is 52.7 Å². The molecule has 0 aliphatic carbocycles. The third-order valence-corrected chi connectivity index (χ3v) is 9.90. The largest absolute Gasteiger partial charge is 0.486 e. The van der Waals surface area contributed by atoms with E-state index in [1.165, 1.54) is 25.7 Å². The lowest BCUT2D eigenvalue weighted by Gasteiger charge is -2.37. The minimum atomic E-state index is 0.552. The van der Waals surface area contributed by atoms with Crippen molar-refractivity contribution in [3.8, 4) is 23.0 Å². The molecule has 0 radical (unpaired) electrons. The van der Waals surface area contributed by atoms with Gasteiger partial charge in [0.15, 0.2) is 23.0 Å². The molecule has 10 nitrogen and oxygen atoms in total. The second-order valence-electron chi connectivity index (χ2n) is 19.4. The average Bonchev–Trinajstić information content (AvgIpc) is 4.10. The minimum Gasteiger partial charge on any atom is -0.486 e. The summed E-state index contributed by atoms with van der Waals surface area (Å²) in [5.41, 5.74) is 1.14. The van der Waals surface area contributed by atoms with Gasteiger partial charge in [0.05, 0.1) is 30.9 Å². The third-order valence-electron chi connectivity index (χ3n) is 9.90. The molecule has 4 atom stereocenters. The number of fused-ring (bicyclic) bond motifs is 7. The lowest BCUT2D eigenvalue weighted by atomic mass is 10.2. The first-order valence-corrected chi connectivity index (χ1v) is 29.0. The summed E-state index contributed by atoms with van der Waals surface area (Å²) in [6.45, 7) is 55.5. The van der Waals surface area contributed by atoms with Gasteiger partial charge in [-0.25, -0.2) is 4.52 Å². The van der Waals surface area contributed by atoms with Gasteiger partial charge >= 0.3 is 0 Å². The Balaban J connectivity index is -0.000000765. The number of pyridine rings is 1. The van der Waals surface area contributed by atoms with E-state index in [0.29, 0.717) is 50.7 Å². The Labute approximate surface area is 451 Å². The Hall–Kier alpha value is -3.83. The lowest BCUT2D eigenvalue weighted by Crippen LogP contribution is -2.49. The van der Waals surface area contributed by atoms with Crippen LogP contribution in [0.4, 0.5) is 0 Å². The van der Waals surface area contributed by atoms with E-state index in [1.807, 2.05) is 153 Å². The maximum atomic E-state index is 5.74. The highest BCUT2D eigenvalue weighted by Crippen LogP contribution is 2.31. The monoisotopic (exact) mass is 1020 g/mol. The Kier molecular flexibility index (Phi) is 48.1. The summed E-state index contributed by atoms with van der Waals surface area (Å²) >= 11 is 0. The molecule has 2 aromatic heterocycles. The lowest BCUT2D eigenvalue weighted by molar-refractivity contribution is -0.0480. The van der Waals surface area contributed by atoms with Crippen LogP contribution in [0.3, 0.4) is 0 Å². The second-order valence-corrected chi connectivity index (χ2v) is 19.4. The highest BCUT2D eigenvalue weighted by Gasteiger charge is 2.38. The van der Waals surface area contributed by atoms with Gasteiger partial charge < -0.3 is 28.4 Å². The Morgan fingerprint density at radius 3 is 1.08 bits per heavy atom. The molecule has 424 valence electrons. The molecule has 4 aromatic rings. The van der Waals surface area contributed by atoms with Crippen LogP contribution in [-0.4, -0.2) is 109 Å². The molecule has 4 bridgehead atoms. The van der Waals surface area contributed by atoms with E-state index in [1.54, 1.807) is 6.20 Å². The van der Waals surface area contributed by atoms with E-state index in [-0.39, 0.29) is 0 Å². The van der Waals surface area contributed by atoms with Crippen LogP contribution in [0.25, 0.3) is 5.52 Å². The van der Waals surface area contributed by atoms with Gasteiger partial charge in [0.1, 0.15) is 26.4 Å². The molecule has 4 unspecified atom stereocenters. The van der Waals surface area contributed by atoms with Crippen LogP contribution in [0, 0.1) is 17.8 Å². The van der Waals surface area contributed by atoms with Gasteiger partial charge in [0.2, 0.25) is 0 Å². The van der Waals surface area contributed by atoms with Gasteiger partial charge in [-0.05, 0) is 114 Å². The summed E-state index contributed by atoms with van der Waals surface area (Å²) in [7, 11) is 0. The SMILES string of the molecule is CC.CC.CC.CC.CC.CC(C)C.CC(C)C.CC(C)C.CC(C)N1C2CCC1COC2.CC(C)N1CC2CCC(C1)O2.c1ccc2c(c1)OCCO2.c1ccc2c(c1)OCCO2.c1ccn2nccc2c1. The van der Waals surface area contributed by atoms with Crippen LogP contribution in [0.1, 0.15) is 185 Å². The molecule has 8 heterocycles. The van der Waals surface area contributed by atoms with E-state index in [9.17, 15) is 0 Å². The summed E-state index contributed by atoms with van der Waals surface area (Å²) in [6, 6.07) is 26.2. The smallest absolute Gasteiger partial charge is 0.161 e. The van der Waals surface area contributed by atoms with Crippen molar-refractivity contribution >= 4 is 5.52 Å². The van der Waals surface area contributed by atoms with E-state index >= 15 is 0 Å². The van der Waals surface area contributed by atoms with Crippen molar-refractivity contribution in [2.45, 2.75) is 221 Å². The van der Waals surface area contributed by atoms with E-state index in [4.69, 9.17) is 28.4 Å². The van der Waals surface area contributed by atoms with Crippen molar-refractivity contribution in [2.24, 2.45) is 17.8 Å². The molecule has 0 amide bonds. The summed E-state index contributed by atoms with van der Waals surface area (Å²) in [6.07, 6.45) is 10.1. The molecule has 0 saturated carbocycles. The topological polar surface area (TPSA) is 79.2 Å². The highest BCUT2D eigenvalue weighted by atomic mass is 16.6. The van der Waals surface area contributed by atoms with Gasteiger partial charge in [-0.15, -0.1) is 0 Å². The highest BCUT2D eigenvalue weighted by molar-refractivity contribution is 5.44. The quantitative estimate of drug-likeness (QED) is 0.195. The van der Waals surface area contributed by atoms with Crippen LogP contribution in [-0.2, 0) is 9.47 Å². The number of nitrogens with zero attached hydrogens (tertiary/aromatic N) is 4. The maximum Gasteiger partial charge on any atom is 0.161 e. The van der Waals surface area contributed by atoms with E-state index in [0.717, 1.165) is 84.7 Å². The van der Waals surface area contributed by atoms with Crippen LogP contribution in [0.2, 0.25) is 0 Å². The first-order chi connectivity index (χ1) is 35.1. The van der Waals surface area contributed by atoms with Gasteiger partial charge in [-0.1, -0.05) is 162 Å². The van der Waals surface area contributed by atoms with Gasteiger partial charge in [-0.3, -0.25) is 9.80 Å². The van der Waals surface area contributed by atoms with Crippen LogP contribution in [0.5, 0.6) is 23.0 Å². The number of likely N-dealkylation sites (tertiary alicyclic amines) is 1. The molecule has 10 heteroatoms. The Bertz CT molecular complexity index is 1580. The zero-order valence-electron chi connectivity index (χ0n) is 51.5. The molecular formula is C63H116N4O6. The summed E-state index contributed by atoms with van der Waals surface area (Å²) in [4.78, 5) is 5.16. The number of rotatable bonds is 2. The van der Waals surface area contributed by atoms with Gasteiger partial charge in [0.25, 0.3) is 0 Å². The molecule has 0 N–H and O–H groups in total. The number of benzene rings is 2. The summed E-state index contributed by atoms with van der Waals surface area (Å²) < 4.78 is 34.3. The first kappa shape index (κ1) is 73.4. The summed E-state index contributed by atoms with van der Waals surface area (Å²) in [5.74, 6) is 5.92. The number of morpholine rings is 2. The molecular weight excluding hydrogens is 909 g/mol. The molecule has 2 aromatic carbocycles. The average molecular weight is 1030 g/mol. The number of hydrogen-bond acceptors (Lipinski definition) is 9. The van der Waals surface area contributed by atoms with Crippen LogP contribution < -0.4 is 18.9 Å². The number of ether oxygens (including phenoxy) is 6. The number of para-hydroxylation sites is 4. The fourth-order valence-electron chi connectivity index (χ4n) is 7.42. The van der Waals surface area contributed by atoms with Gasteiger partial charge in [-0.2, -0.15) is 5.10 Å². The van der Waals surface area contributed by atoms with Crippen molar-refractivity contribution in [1.82, 2.24) is 19.4 Å². The second kappa shape index (κ2) is 47.9. The van der Waals surface area contributed by atoms with Crippen molar-refractivity contribution in [3.05, 3.63) is 85.2 Å². The fourth-order valence-corrected chi connectivity index (χ4v) is 7.42. The first-order valence-electron chi connectivity index (χ1n) is 29.0. The molecule has 73 heavy (non-hydrogen) atoms. The van der Waals surface area contributed by atoms with Crippen molar-refractivity contribution < 1.29 is 28.4 Å². The number of aromatic nitrogens is 2. The van der Waals surface area contributed by atoms with Crippen molar-refractivity contribution in [3.63, 3.8) is 0 Å². The number of hydrogen-bond donors (Lipinski definition) is 0. The predicted octanol–water partition coefficient (Wildman–Crippen LogP) is 16.9. The van der Waals surface area contributed by atoms with Gasteiger partial charge in [0, 0.05) is 49.7 Å². The zero-order chi connectivity index (χ0) is 56.1. The third kappa shape index (κ3) is 34.4. The fraction of sp³-hybridized carbons (Fsp3) is 0.698. The van der Waals surface area contributed by atoms with E-state index < -0.39 is 0 Å². The molecule has 6 aliphatic rings. The molecule has 4 saturated heterocycles. The molecule has 4 fully saturated rings. The van der Waals surface area contributed by atoms with Crippen molar-refractivity contribution in [1.29, 1.82) is 0 Å². The summed E-state index contributed by atoms with van der Waals surface area (Å²) in [5, 5.41) is 4.04. The Morgan fingerprint density at radius 1 is 0.438 bits per heavy atom. The van der Waals surface area contributed by atoms with Crippen LogP contribution >= 0.6 is 0 Å². The zero-order valence-corrected chi connectivity index (χ0v) is 51.5. The maximum absolute atomic E-state index is 5.74. The van der Waals surface area contributed by atoms with Crippen LogP contribution in [0.15, 0.2) is 85.2 Å². The molecule has 10 rings (SSSR count). The Morgan fingerprint density at radius 2 is 0.781 bits per heavy atom. The standard InChI is InChI=1S/2C9H17NO.2C8H8O2.C7H6N2.3C4H10.5C2H6/c1-7(2)10-8-3-4-9(10)6-11-5-8;1-7(2)10-5-8-3-4-9(6-10)11-8;2*1-2-4-8-7(3-1)9-5-6-10-8;1-2-6-9-7(3-1)4-5-8-9;3*1-4(2)3;5*1-2/h2*7-9H,3-6H2,1-2H3;2*1-4H,5-6H2;1-6H;3*4H,1-3H3;5*1-2H3. The van der Waals surface area contributed by atoms with E-state index in [2.05, 4.69) is 105 Å². The minimum absolute atomic E-state index is 0.552. The molecule has 0 spiro atoms. The molecule has 6 aliphatic heterocycles.